The van der Waals surface area contributed by atoms with Crippen LogP contribution in [0.25, 0.3) is 0 Å². The number of rotatable bonds is 3. The largest absolute Gasteiger partial charge is 0.352 e. The Hall–Kier alpha value is -1.84. The number of benzene rings is 1. The first-order chi connectivity index (χ1) is 9.70. The van der Waals surface area contributed by atoms with Crippen LogP contribution >= 0.6 is 0 Å². The van der Waals surface area contributed by atoms with Crippen LogP contribution in [-0.4, -0.2) is 35.8 Å². The minimum atomic E-state index is 0.0586. The van der Waals surface area contributed by atoms with Crippen LogP contribution in [0.3, 0.4) is 0 Å². The average molecular weight is 274 g/mol. The van der Waals surface area contributed by atoms with Crippen LogP contribution in [0.4, 0.5) is 0 Å². The van der Waals surface area contributed by atoms with Gasteiger partial charge in [0.05, 0.1) is 0 Å². The van der Waals surface area contributed by atoms with E-state index < -0.39 is 0 Å². The molecule has 1 aliphatic rings. The van der Waals surface area contributed by atoms with E-state index in [9.17, 15) is 9.59 Å². The van der Waals surface area contributed by atoms with Gasteiger partial charge in [0.1, 0.15) is 0 Å². The molecular formula is C16H22N2O2. The van der Waals surface area contributed by atoms with Gasteiger partial charge in [-0.05, 0) is 31.4 Å². The highest BCUT2D eigenvalue weighted by Gasteiger charge is 2.23. The molecule has 0 bridgehead atoms. The molecule has 2 rings (SSSR count). The highest BCUT2D eigenvalue weighted by molar-refractivity contribution is 5.94. The summed E-state index contributed by atoms with van der Waals surface area (Å²) in [5.41, 5.74) is 0.718. The first-order valence-corrected chi connectivity index (χ1v) is 7.34. The molecule has 1 aliphatic heterocycles. The molecule has 20 heavy (non-hydrogen) atoms. The van der Waals surface area contributed by atoms with Gasteiger partial charge in [-0.3, -0.25) is 9.59 Å². The Morgan fingerprint density at radius 1 is 1.25 bits per heavy atom. The van der Waals surface area contributed by atoms with Crippen molar-refractivity contribution in [3.05, 3.63) is 35.9 Å². The second-order valence-corrected chi connectivity index (χ2v) is 5.23. The zero-order valence-electron chi connectivity index (χ0n) is 12.0. The fourth-order valence-electron chi connectivity index (χ4n) is 2.54. The number of nitrogens with zero attached hydrogens (tertiary/aromatic N) is 1. The number of hydrogen-bond acceptors (Lipinski definition) is 2. The summed E-state index contributed by atoms with van der Waals surface area (Å²) >= 11 is 0. The SMILES string of the molecule is CCC(=O)NC1CCCCN(C(=O)c2ccccc2)C1. The fraction of sp³-hybridized carbons (Fsp3) is 0.500. The Balaban J connectivity index is 2.03. The number of amides is 2. The van der Waals surface area contributed by atoms with Gasteiger partial charge in [-0.25, -0.2) is 0 Å². The molecule has 0 saturated carbocycles. The molecule has 1 unspecified atom stereocenters. The zero-order chi connectivity index (χ0) is 14.4. The first kappa shape index (κ1) is 14.6. The molecule has 108 valence electrons. The lowest BCUT2D eigenvalue weighted by atomic mass is 10.1. The molecule has 0 aliphatic carbocycles. The topological polar surface area (TPSA) is 49.4 Å². The van der Waals surface area contributed by atoms with E-state index in [0.29, 0.717) is 13.0 Å². The third kappa shape index (κ3) is 3.83. The Morgan fingerprint density at radius 2 is 2.00 bits per heavy atom. The van der Waals surface area contributed by atoms with E-state index in [1.807, 2.05) is 42.2 Å². The summed E-state index contributed by atoms with van der Waals surface area (Å²) in [5.74, 6) is 0.118. The smallest absolute Gasteiger partial charge is 0.253 e. The molecule has 4 heteroatoms. The van der Waals surface area contributed by atoms with Crippen molar-refractivity contribution in [1.29, 1.82) is 0 Å². The van der Waals surface area contributed by atoms with Crippen molar-refractivity contribution < 1.29 is 9.59 Å². The highest BCUT2D eigenvalue weighted by Crippen LogP contribution is 2.14. The van der Waals surface area contributed by atoms with Crippen LogP contribution in [0.5, 0.6) is 0 Å². The van der Waals surface area contributed by atoms with Gasteiger partial charge >= 0.3 is 0 Å². The van der Waals surface area contributed by atoms with E-state index >= 15 is 0 Å². The van der Waals surface area contributed by atoms with Gasteiger partial charge in [0.2, 0.25) is 5.91 Å². The molecule has 0 spiro atoms. The van der Waals surface area contributed by atoms with E-state index in [0.717, 1.165) is 31.4 Å². The Labute approximate surface area is 120 Å². The second kappa shape index (κ2) is 7.08. The van der Waals surface area contributed by atoms with Crippen LogP contribution in [0.15, 0.2) is 30.3 Å². The Kier molecular flexibility index (Phi) is 5.16. The van der Waals surface area contributed by atoms with Crippen LogP contribution in [-0.2, 0) is 4.79 Å². The number of carbonyl (C=O) groups is 2. The van der Waals surface area contributed by atoms with Crippen LogP contribution in [0, 0.1) is 0 Å². The van der Waals surface area contributed by atoms with Crippen molar-refractivity contribution in [2.45, 2.75) is 38.6 Å². The second-order valence-electron chi connectivity index (χ2n) is 5.23. The van der Waals surface area contributed by atoms with Gasteiger partial charge in [0.15, 0.2) is 0 Å². The van der Waals surface area contributed by atoms with Crippen molar-refractivity contribution in [2.24, 2.45) is 0 Å². The summed E-state index contributed by atoms with van der Waals surface area (Å²) in [6.45, 7) is 3.23. The monoisotopic (exact) mass is 274 g/mol. The van der Waals surface area contributed by atoms with Crippen molar-refractivity contribution in [3.8, 4) is 0 Å². The Bertz CT molecular complexity index is 459. The molecule has 1 saturated heterocycles. The summed E-state index contributed by atoms with van der Waals surface area (Å²) in [6, 6.07) is 9.42. The van der Waals surface area contributed by atoms with Crippen LogP contribution < -0.4 is 5.32 Å². The van der Waals surface area contributed by atoms with Gasteiger partial charge < -0.3 is 10.2 Å². The maximum atomic E-state index is 12.5. The van der Waals surface area contributed by atoms with Gasteiger partial charge in [0.25, 0.3) is 5.91 Å². The minimum absolute atomic E-state index is 0.0586. The summed E-state index contributed by atoms with van der Waals surface area (Å²) in [7, 11) is 0. The lowest BCUT2D eigenvalue weighted by Gasteiger charge is -2.25. The maximum absolute atomic E-state index is 12.5. The van der Waals surface area contributed by atoms with E-state index in [1.165, 1.54) is 0 Å². The van der Waals surface area contributed by atoms with E-state index in [1.54, 1.807) is 0 Å². The fourth-order valence-corrected chi connectivity index (χ4v) is 2.54. The van der Waals surface area contributed by atoms with Crippen molar-refractivity contribution >= 4 is 11.8 Å². The highest BCUT2D eigenvalue weighted by atomic mass is 16.2. The van der Waals surface area contributed by atoms with Gasteiger partial charge in [0, 0.05) is 31.1 Å². The third-order valence-electron chi connectivity index (χ3n) is 3.67. The van der Waals surface area contributed by atoms with Gasteiger partial charge in [-0.2, -0.15) is 0 Å². The summed E-state index contributed by atoms with van der Waals surface area (Å²) in [4.78, 5) is 25.9. The van der Waals surface area contributed by atoms with Crippen molar-refractivity contribution in [1.82, 2.24) is 10.2 Å². The lowest BCUT2D eigenvalue weighted by Crippen LogP contribution is -2.44. The zero-order valence-corrected chi connectivity index (χ0v) is 12.0. The van der Waals surface area contributed by atoms with Crippen molar-refractivity contribution in [3.63, 3.8) is 0 Å². The molecular weight excluding hydrogens is 252 g/mol. The van der Waals surface area contributed by atoms with Crippen LogP contribution in [0.1, 0.15) is 43.0 Å². The molecule has 1 N–H and O–H groups in total. The number of likely N-dealkylation sites (tertiary alicyclic amines) is 1. The molecule has 0 aromatic heterocycles. The summed E-state index contributed by atoms with van der Waals surface area (Å²) < 4.78 is 0. The molecule has 1 atom stereocenters. The number of nitrogens with one attached hydrogen (secondary N) is 1. The van der Waals surface area contributed by atoms with Gasteiger partial charge in [-0.15, -0.1) is 0 Å². The standard InChI is InChI=1S/C16H22N2O2/c1-2-15(19)17-14-10-6-7-11-18(12-14)16(20)13-8-4-3-5-9-13/h3-5,8-9,14H,2,6-7,10-12H2,1H3,(H,17,19). The predicted molar refractivity (Wildman–Crippen MR) is 78.4 cm³/mol. The molecule has 1 aromatic rings. The van der Waals surface area contributed by atoms with Crippen molar-refractivity contribution in [2.75, 3.05) is 13.1 Å². The average Bonchev–Trinajstić information content (AvgIpc) is 2.73. The molecule has 2 amide bonds. The number of carbonyl (C=O) groups excluding carboxylic acids is 2. The minimum Gasteiger partial charge on any atom is -0.352 e. The Morgan fingerprint density at radius 3 is 2.70 bits per heavy atom. The number of hydrogen-bond donors (Lipinski definition) is 1. The third-order valence-corrected chi connectivity index (χ3v) is 3.67. The van der Waals surface area contributed by atoms with Crippen LogP contribution in [0.2, 0.25) is 0 Å². The molecule has 1 aromatic carbocycles. The lowest BCUT2D eigenvalue weighted by molar-refractivity contribution is -0.121. The normalized spacial score (nSPS) is 19.2. The maximum Gasteiger partial charge on any atom is 0.253 e. The first-order valence-electron chi connectivity index (χ1n) is 7.34. The van der Waals surface area contributed by atoms with Gasteiger partial charge in [-0.1, -0.05) is 25.1 Å². The van der Waals surface area contributed by atoms with E-state index in [2.05, 4.69) is 5.32 Å². The van der Waals surface area contributed by atoms with E-state index in [4.69, 9.17) is 0 Å². The quantitative estimate of drug-likeness (QED) is 0.918. The summed E-state index contributed by atoms with van der Waals surface area (Å²) in [6.07, 6.45) is 3.48. The molecule has 1 heterocycles. The summed E-state index contributed by atoms with van der Waals surface area (Å²) in [5, 5.41) is 3.01. The van der Waals surface area contributed by atoms with E-state index in [-0.39, 0.29) is 17.9 Å². The predicted octanol–water partition coefficient (Wildman–Crippen LogP) is 2.21. The molecule has 4 nitrogen and oxygen atoms in total. The molecule has 1 fully saturated rings. The molecule has 0 radical (unpaired) electrons.